The van der Waals surface area contributed by atoms with Crippen LogP contribution in [0.15, 0.2) is 41.6 Å². The number of hydrogen-bond donors (Lipinski definition) is 1. The molecular formula is C16H12ClF3N2O3S. The number of hydrogen-bond acceptors (Lipinski definition) is 5. The van der Waals surface area contributed by atoms with E-state index in [0.29, 0.717) is 17.4 Å². The highest BCUT2D eigenvalue weighted by Gasteiger charge is 2.31. The zero-order valence-electron chi connectivity index (χ0n) is 13.3. The number of benzene rings is 1. The molecule has 2 aromatic rings. The van der Waals surface area contributed by atoms with Gasteiger partial charge in [-0.15, -0.1) is 0 Å². The van der Waals surface area contributed by atoms with Crippen molar-refractivity contribution in [1.82, 2.24) is 4.98 Å². The highest BCUT2D eigenvalue weighted by atomic mass is 35.5. The first-order valence-electron chi connectivity index (χ1n) is 7.04. The quantitative estimate of drug-likeness (QED) is 0.595. The Morgan fingerprint density at radius 3 is 2.46 bits per heavy atom. The van der Waals surface area contributed by atoms with Crippen molar-refractivity contribution in [2.75, 3.05) is 18.2 Å². The number of alkyl halides is 3. The lowest BCUT2D eigenvalue weighted by Crippen LogP contribution is -2.14. The molecule has 1 N–H and O–H groups in total. The van der Waals surface area contributed by atoms with Crippen molar-refractivity contribution < 1.29 is 27.5 Å². The zero-order valence-corrected chi connectivity index (χ0v) is 14.8. The number of rotatable bonds is 5. The number of thioether (sulfide) groups is 1. The van der Waals surface area contributed by atoms with Crippen LogP contribution >= 0.6 is 23.4 Å². The fraction of sp³-hybridized carbons (Fsp3) is 0.188. The van der Waals surface area contributed by atoms with Crippen LogP contribution in [0.2, 0.25) is 5.02 Å². The van der Waals surface area contributed by atoms with E-state index >= 15 is 0 Å². The number of ether oxygens (including phenoxy) is 1. The second kappa shape index (κ2) is 8.41. The molecular weight excluding hydrogens is 393 g/mol. The molecule has 0 aliphatic rings. The Hall–Kier alpha value is -2.26. The van der Waals surface area contributed by atoms with Gasteiger partial charge < -0.3 is 10.1 Å². The molecule has 0 atom stereocenters. The Bertz CT molecular complexity index is 813. The number of anilines is 1. The minimum Gasteiger partial charge on any atom is -0.465 e. The van der Waals surface area contributed by atoms with Gasteiger partial charge in [-0.05, 0) is 30.3 Å². The van der Waals surface area contributed by atoms with Gasteiger partial charge in [-0.25, -0.2) is 9.78 Å². The molecule has 0 spiro atoms. The third kappa shape index (κ3) is 5.37. The van der Waals surface area contributed by atoms with Gasteiger partial charge in [0.15, 0.2) is 0 Å². The van der Waals surface area contributed by atoms with Gasteiger partial charge in [-0.2, -0.15) is 13.2 Å². The summed E-state index contributed by atoms with van der Waals surface area (Å²) in [6.07, 6.45) is -3.87. The fourth-order valence-electron chi connectivity index (χ4n) is 1.83. The molecule has 2 rings (SSSR count). The van der Waals surface area contributed by atoms with Crippen LogP contribution in [0.3, 0.4) is 0 Å². The van der Waals surface area contributed by atoms with Crippen LogP contribution in [0.25, 0.3) is 0 Å². The van der Waals surface area contributed by atoms with Crippen molar-refractivity contribution in [1.29, 1.82) is 0 Å². The second-order valence-electron chi connectivity index (χ2n) is 4.91. The molecule has 0 aliphatic heterocycles. The number of nitrogens with one attached hydrogen (secondary N) is 1. The highest BCUT2D eigenvalue weighted by Crippen LogP contribution is 2.33. The molecule has 0 saturated carbocycles. The maximum absolute atomic E-state index is 12.6. The van der Waals surface area contributed by atoms with Crippen LogP contribution in [0.5, 0.6) is 0 Å². The Balaban J connectivity index is 1.93. The van der Waals surface area contributed by atoms with Crippen molar-refractivity contribution >= 4 is 40.9 Å². The van der Waals surface area contributed by atoms with E-state index < -0.39 is 23.6 Å². The number of carbonyl (C=O) groups excluding carboxylic acids is 2. The van der Waals surface area contributed by atoms with Gasteiger partial charge >= 0.3 is 12.1 Å². The molecule has 1 amide bonds. The van der Waals surface area contributed by atoms with Crippen molar-refractivity contribution in [2.45, 2.75) is 11.2 Å². The van der Waals surface area contributed by atoms with Crippen LogP contribution < -0.4 is 5.32 Å². The molecule has 0 fully saturated rings. The van der Waals surface area contributed by atoms with E-state index in [1.54, 1.807) is 0 Å². The monoisotopic (exact) mass is 404 g/mol. The standard InChI is InChI=1S/C16H12ClF3N2O3S/c1-25-15(24)9-2-4-11(5-3-9)22-13(23)8-26-14-12(17)6-10(7-21-14)16(18,19)20/h2-7H,8H2,1H3,(H,22,23). The molecule has 26 heavy (non-hydrogen) atoms. The van der Waals surface area contributed by atoms with Crippen molar-refractivity contribution in [3.63, 3.8) is 0 Å². The molecule has 0 aliphatic carbocycles. The molecule has 1 aromatic heterocycles. The molecule has 0 saturated heterocycles. The maximum Gasteiger partial charge on any atom is 0.417 e. The lowest BCUT2D eigenvalue weighted by Gasteiger charge is -2.09. The van der Waals surface area contributed by atoms with Gasteiger partial charge in [0.25, 0.3) is 0 Å². The van der Waals surface area contributed by atoms with Gasteiger partial charge in [0.1, 0.15) is 5.03 Å². The number of halogens is 4. The minimum absolute atomic E-state index is 0.100. The van der Waals surface area contributed by atoms with Crippen LogP contribution in [-0.4, -0.2) is 29.7 Å². The number of methoxy groups -OCH3 is 1. The summed E-state index contributed by atoms with van der Waals surface area (Å²) in [5, 5.41) is 2.53. The molecule has 10 heteroatoms. The third-order valence-electron chi connectivity index (χ3n) is 3.06. The summed E-state index contributed by atoms with van der Waals surface area (Å²) in [4.78, 5) is 26.9. The van der Waals surface area contributed by atoms with Crippen LogP contribution in [0, 0.1) is 0 Å². The lowest BCUT2D eigenvalue weighted by atomic mass is 10.2. The molecule has 1 aromatic carbocycles. The normalized spacial score (nSPS) is 11.1. The van der Waals surface area contributed by atoms with Crippen molar-refractivity contribution in [3.05, 3.63) is 52.7 Å². The Morgan fingerprint density at radius 2 is 1.92 bits per heavy atom. The minimum atomic E-state index is -4.53. The lowest BCUT2D eigenvalue weighted by molar-refractivity contribution is -0.137. The number of carbonyl (C=O) groups is 2. The Kier molecular flexibility index (Phi) is 6.49. The van der Waals surface area contributed by atoms with Crippen LogP contribution in [0.4, 0.5) is 18.9 Å². The number of amides is 1. The first-order valence-corrected chi connectivity index (χ1v) is 8.41. The average Bonchev–Trinajstić information content (AvgIpc) is 2.59. The molecule has 0 radical (unpaired) electrons. The van der Waals surface area contributed by atoms with Crippen LogP contribution in [0.1, 0.15) is 15.9 Å². The van der Waals surface area contributed by atoms with Gasteiger partial charge in [0.05, 0.1) is 29.0 Å². The van der Waals surface area contributed by atoms with Crippen molar-refractivity contribution in [3.8, 4) is 0 Å². The number of aromatic nitrogens is 1. The highest BCUT2D eigenvalue weighted by molar-refractivity contribution is 8.00. The van der Waals surface area contributed by atoms with E-state index in [9.17, 15) is 22.8 Å². The van der Waals surface area contributed by atoms with Gasteiger partial charge in [0.2, 0.25) is 5.91 Å². The predicted molar refractivity (Wildman–Crippen MR) is 91.4 cm³/mol. The van der Waals surface area contributed by atoms with Gasteiger partial charge in [0, 0.05) is 11.9 Å². The van der Waals surface area contributed by atoms with Crippen molar-refractivity contribution in [2.24, 2.45) is 0 Å². The largest absolute Gasteiger partial charge is 0.465 e. The summed E-state index contributed by atoms with van der Waals surface area (Å²) in [6, 6.07) is 6.79. The molecule has 138 valence electrons. The summed E-state index contributed by atoms with van der Waals surface area (Å²) in [7, 11) is 1.26. The van der Waals surface area contributed by atoms with Gasteiger partial charge in [-0.1, -0.05) is 23.4 Å². The number of pyridine rings is 1. The second-order valence-corrected chi connectivity index (χ2v) is 6.29. The Morgan fingerprint density at radius 1 is 1.27 bits per heavy atom. The summed E-state index contributed by atoms with van der Waals surface area (Å²) in [6.45, 7) is 0. The first-order chi connectivity index (χ1) is 12.2. The summed E-state index contributed by atoms with van der Waals surface area (Å²) in [5.74, 6) is -1.00. The molecule has 0 bridgehead atoms. The fourth-order valence-corrected chi connectivity index (χ4v) is 2.82. The first kappa shape index (κ1) is 20.1. The average molecular weight is 405 g/mol. The smallest absolute Gasteiger partial charge is 0.417 e. The predicted octanol–water partition coefficient (Wildman–Crippen LogP) is 4.27. The van der Waals surface area contributed by atoms with Gasteiger partial charge in [-0.3, -0.25) is 4.79 Å². The third-order valence-corrected chi connectivity index (χ3v) is 4.47. The van der Waals surface area contributed by atoms with E-state index in [-0.39, 0.29) is 15.8 Å². The number of nitrogens with zero attached hydrogens (tertiary/aromatic N) is 1. The maximum atomic E-state index is 12.6. The molecule has 5 nitrogen and oxygen atoms in total. The number of esters is 1. The van der Waals surface area contributed by atoms with E-state index in [1.165, 1.54) is 31.4 Å². The van der Waals surface area contributed by atoms with E-state index in [4.69, 9.17) is 11.6 Å². The Labute approximate surface area is 155 Å². The molecule has 1 heterocycles. The summed E-state index contributed by atoms with van der Waals surface area (Å²) in [5.41, 5.74) is -0.169. The molecule has 0 unspecified atom stereocenters. The summed E-state index contributed by atoms with van der Waals surface area (Å²) < 4.78 is 42.2. The van der Waals surface area contributed by atoms with E-state index in [2.05, 4.69) is 15.0 Å². The zero-order chi connectivity index (χ0) is 19.3. The SMILES string of the molecule is COC(=O)c1ccc(NC(=O)CSc2ncc(C(F)(F)F)cc2Cl)cc1. The van der Waals surface area contributed by atoms with E-state index in [1.807, 2.05) is 0 Å². The van der Waals surface area contributed by atoms with Crippen LogP contribution in [-0.2, 0) is 15.7 Å². The summed E-state index contributed by atoms with van der Waals surface area (Å²) >= 11 is 6.69. The topological polar surface area (TPSA) is 68.3 Å². The van der Waals surface area contributed by atoms with E-state index in [0.717, 1.165) is 17.8 Å².